The van der Waals surface area contributed by atoms with Crippen LogP contribution < -0.4 is 0 Å². The van der Waals surface area contributed by atoms with Gasteiger partial charge in [-0.25, -0.2) is 4.39 Å². The first kappa shape index (κ1) is 22.9. The Morgan fingerprint density at radius 2 is 1.79 bits per heavy atom. The second-order valence-corrected chi connectivity index (χ2v) is 8.27. The SMILES string of the molecule is CC(C)N(CC(=O)N(Cc1ccc(F)cc1)Cc1ccco1)C(=O)C(C)(C)CCl. The number of rotatable bonds is 9. The number of carbonyl (C=O) groups excluding carboxylic acids is 2. The Morgan fingerprint density at radius 3 is 2.31 bits per heavy atom. The van der Waals surface area contributed by atoms with Gasteiger partial charge in [0.2, 0.25) is 11.8 Å². The number of halogens is 2. The fourth-order valence-corrected chi connectivity index (χ4v) is 2.93. The lowest BCUT2D eigenvalue weighted by Crippen LogP contribution is -2.50. The number of furan rings is 1. The summed E-state index contributed by atoms with van der Waals surface area (Å²) in [5, 5.41) is 0. The molecule has 29 heavy (non-hydrogen) atoms. The molecule has 0 N–H and O–H groups in total. The highest BCUT2D eigenvalue weighted by Crippen LogP contribution is 2.22. The molecule has 0 radical (unpaired) electrons. The highest BCUT2D eigenvalue weighted by atomic mass is 35.5. The predicted octanol–water partition coefficient (Wildman–Crippen LogP) is 4.45. The van der Waals surface area contributed by atoms with Crippen LogP contribution >= 0.6 is 11.6 Å². The van der Waals surface area contributed by atoms with Crippen LogP contribution in [0.15, 0.2) is 47.1 Å². The van der Waals surface area contributed by atoms with Crippen molar-refractivity contribution in [1.82, 2.24) is 9.80 Å². The summed E-state index contributed by atoms with van der Waals surface area (Å²) in [5.41, 5.74) is 0.0179. The highest BCUT2D eigenvalue weighted by molar-refractivity contribution is 6.19. The van der Waals surface area contributed by atoms with Crippen molar-refractivity contribution < 1.29 is 18.4 Å². The van der Waals surface area contributed by atoms with Gasteiger partial charge >= 0.3 is 0 Å². The molecule has 0 saturated carbocycles. The molecule has 0 aliphatic heterocycles. The molecule has 0 saturated heterocycles. The van der Waals surface area contributed by atoms with Crippen molar-refractivity contribution in [1.29, 1.82) is 0 Å². The van der Waals surface area contributed by atoms with Crippen molar-refractivity contribution in [3.63, 3.8) is 0 Å². The van der Waals surface area contributed by atoms with Crippen LogP contribution in [0, 0.1) is 11.2 Å². The molecule has 1 aromatic heterocycles. The van der Waals surface area contributed by atoms with Crippen molar-refractivity contribution >= 4 is 23.4 Å². The molecule has 158 valence electrons. The Kier molecular flexibility index (Phi) is 7.85. The Morgan fingerprint density at radius 1 is 1.14 bits per heavy atom. The normalized spacial score (nSPS) is 11.6. The third kappa shape index (κ3) is 6.32. The summed E-state index contributed by atoms with van der Waals surface area (Å²) in [6.07, 6.45) is 1.54. The number of nitrogens with zero attached hydrogens (tertiary/aromatic N) is 2. The molecule has 2 rings (SSSR count). The lowest BCUT2D eigenvalue weighted by molar-refractivity contribution is -0.147. The van der Waals surface area contributed by atoms with Gasteiger partial charge in [0.15, 0.2) is 0 Å². The summed E-state index contributed by atoms with van der Waals surface area (Å²) in [7, 11) is 0. The third-order valence-corrected chi connectivity index (χ3v) is 5.34. The van der Waals surface area contributed by atoms with E-state index < -0.39 is 5.41 Å². The second kappa shape index (κ2) is 9.92. The Labute approximate surface area is 176 Å². The van der Waals surface area contributed by atoms with E-state index in [0.29, 0.717) is 5.76 Å². The monoisotopic (exact) mass is 422 g/mol. The fraction of sp³-hybridized carbons (Fsp3) is 0.455. The van der Waals surface area contributed by atoms with E-state index in [2.05, 4.69) is 0 Å². The Balaban J connectivity index is 2.22. The first-order chi connectivity index (χ1) is 13.6. The van der Waals surface area contributed by atoms with Gasteiger partial charge in [-0.2, -0.15) is 0 Å². The van der Waals surface area contributed by atoms with E-state index in [9.17, 15) is 14.0 Å². The minimum absolute atomic E-state index is 0.0707. The van der Waals surface area contributed by atoms with E-state index in [0.717, 1.165) is 5.56 Å². The number of amides is 2. The topological polar surface area (TPSA) is 53.8 Å². The molecule has 5 nitrogen and oxygen atoms in total. The van der Waals surface area contributed by atoms with Gasteiger partial charge < -0.3 is 14.2 Å². The van der Waals surface area contributed by atoms with Crippen molar-refractivity contribution in [3.05, 3.63) is 59.8 Å². The zero-order valence-electron chi connectivity index (χ0n) is 17.3. The van der Waals surface area contributed by atoms with Gasteiger partial charge in [-0.05, 0) is 57.5 Å². The largest absolute Gasteiger partial charge is 0.467 e. The van der Waals surface area contributed by atoms with Crippen LogP contribution in [0.1, 0.15) is 39.0 Å². The van der Waals surface area contributed by atoms with Gasteiger partial charge in [-0.1, -0.05) is 12.1 Å². The zero-order chi connectivity index (χ0) is 21.6. The average molecular weight is 423 g/mol. The molecule has 2 amide bonds. The number of carbonyl (C=O) groups is 2. The number of alkyl halides is 1. The van der Waals surface area contributed by atoms with Crippen molar-refractivity contribution in [3.8, 4) is 0 Å². The maximum atomic E-state index is 13.2. The molecule has 7 heteroatoms. The molecule has 0 atom stereocenters. The molecule has 2 aromatic rings. The summed E-state index contributed by atoms with van der Waals surface area (Å²) < 4.78 is 18.6. The zero-order valence-corrected chi connectivity index (χ0v) is 18.1. The quantitative estimate of drug-likeness (QED) is 0.561. The van der Waals surface area contributed by atoms with Crippen LogP contribution in [-0.2, 0) is 22.7 Å². The Bertz CT molecular complexity index is 804. The maximum Gasteiger partial charge on any atom is 0.242 e. The molecule has 0 unspecified atom stereocenters. The molecule has 0 aliphatic rings. The highest BCUT2D eigenvalue weighted by Gasteiger charge is 2.34. The van der Waals surface area contributed by atoms with Gasteiger partial charge in [0.05, 0.1) is 18.2 Å². The van der Waals surface area contributed by atoms with Crippen molar-refractivity contribution in [2.45, 2.75) is 46.8 Å². The lowest BCUT2D eigenvalue weighted by atomic mass is 9.93. The van der Waals surface area contributed by atoms with Crippen LogP contribution in [-0.4, -0.2) is 40.1 Å². The Hall–Kier alpha value is -2.34. The van der Waals surface area contributed by atoms with Crippen LogP contribution in [0.3, 0.4) is 0 Å². The minimum atomic E-state index is -0.769. The summed E-state index contributed by atoms with van der Waals surface area (Å²) in [6, 6.07) is 9.37. The summed E-state index contributed by atoms with van der Waals surface area (Å²) >= 11 is 5.96. The van der Waals surface area contributed by atoms with Crippen LogP contribution in [0.5, 0.6) is 0 Å². The lowest BCUT2D eigenvalue weighted by Gasteiger charge is -2.34. The number of hydrogen-bond acceptors (Lipinski definition) is 3. The predicted molar refractivity (Wildman–Crippen MR) is 111 cm³/mol. The summed E-state index contributed by atoms with van der Waals surface area (Å²) in [6.45, 7) is 7.72. The first-order valence-corrected chi connectivity index (χ1v) is 10.1. The number of benzene rings is 1. The first-order valence-electron chi connectivity index (χ1n) is 9.55. The fourth-order valence-electron chi connectivity index (χ4n) is 2.81. The molecular formula is C22H28ClFN2O3. The average Bonchev–Trinajstić information content (AvgIpc) is 3.19. The van der Waals surface area contributed by atoms with Crippen molar-refractivity contribution in [2.24, 2.45) is 5.41 Å². The van der Waals surface area contributed by atoms with Gasteiger partial charge in [0.1, 0.15) is 18.1 Å². The van der Waals surface area contributed by atoms with Gasteiger partial charge in [-0.3, -0.25) is 9.59 Å². The maximum absolute atomic E-state index is 13.2. The molecule has 1 aromatic carbocycles. The van der Waals surface area contributed by atoms with E-state index in [4.69, 9.17) is 16.0 Å². The van der Waals surface area contributed by atoms with Crippen molar-refractivity contribution in [2.75, 3.05) is 12.4 Å². The number of hydrogen-bond donors (Lipinski definition) is 0. The van der Waals surface area contributed by atoms with Crippen LogP contribution in [0.25, 0.3) is 0 Å². The van der Waals surface area contributed by atoms with E-state index in [1.54, 1.807) is 54.2 Å². The second-order valence-electron chi connectivity index (χ2n) is 8.00. The van der Waals surface area contributed by atoms with E-state index in [1.165, 1.54) is 12.1 Å². The molecule has 1 heterocycles. The van der Waals surface area contributed by atoms with Gasteiger partial charge in [-0.15, -0.1) is 11.6 Å². The van der Waals surface area contributed by atoms with Gasteiger partial charge in [0, 0.05) is 18.5 Å². The molecule has 0 fully saturated rings. The third-order valence-electron chi connectivity index (χ3n) is 4.67. The van der Waals surface area contributed by atoms with Crippen LogP contribution in [0.4, 0.5) is 4.39 Å². The minimum Gasteiger partial charge on any atom is -0.467 e. The van der Waals surface area contributed by atoms with Crippen LogP contribution in [0.2, 0.25) is 0 Å². The van der Waals surface area contributed by atoms with E-state index in [1.807, 2.05) is 13.8 Å². The van der Waals surface area contributed by atoms with E-state index in [-0.39, 0.29) is 49.2 Å². The molecule has 0 bridgehead atoms. The van der Waals surface area contributed by atoms with Gasteiger partial charge in [0.25, 0.3) is 0 Å². The summed E-state index contributed by atoms with van der Waals surface area (Å²) in [5.74, 6) is 0.0600. The smallest absolute Gasteiger partial charge is 0.242 e. The molecule has 0 spiro atoms. The molecular weight excluding hydrogens is 395 g/mol. The summed E-state index contributed by atoms with van der Waals surface area (Å²) in [4.78, 5) is 29.2. The standard InChI is InChI=1S/C22H28ClFN2O3/c1-16(2)26(21(28)22(3,4)15-23)14-20(27)25(13-19-6-5-11-29-19)12-17-7-9-18(24)10-8-17/h5-11,16H,12-15H2,1-4H3. The van der Waals surface area contributed by atoms with E-state index >= 15 is 0 Å². The molecule has 0 aliphatic carbocycles.